The maximum atomic E-state index is 13.0. The molecule has 0 radical (unpaired) electrons. The number of rotatable bonds is 4. The van der Waals surface area contributed by atoms with Crippen LogP contribution in [-0.4, -0.2) is 47.7 Å². The monoisotopic (exact) mass is 369 g/mol. The number of benzene rings is 1. The summed E-state index contributed by atoms with van der Waals surface area (Å²) in [6, 6.07) is 4.44. The fraction of sp³-hybridized carbons (Fsp3) is 0.500. The van der Waals surface area contributed by atoms with Crippen LogP contribution < -0.4 is 10.6 Å². The van der Waals surface area contributed by atoms with Crippen molar-refractivity contribution >= 4 is 23.6 Å². The van der Waals surface area contributed by atoms with Gasteiger partial charge in [-0.3, -0.25) is 29.4 Å². The highest BCUT2D eigenvalue weighted by atomic mass is 16.2. The van der Waals surface area contributed by atoms with Gasteiger partial charge < -0.3 is 5.32 Å². The molecule has 2 N–H and O–H groups in total. The summed E-state index contributed by atoms with van der Waals surface area (Å²) in [4.78, 5) is 50.4. The molecule has 3 heterocycles. The van der Waals surface area contributed by atoms with Gasteiger partial charge in [-0.15, -0.1) is 0 Å². The van der Waals surface area contributed by atoms with Crippen LogP contribution in [0.4, 0.5) is 0 Å². The van der Waals surface area contributed by atoms with Crippen molar-refractivity contribution in [3.63, 3.8) is 0 Å². The maximum absolute atomic E-state index is 13.0. The third kappa shape index (κ3) is 3.27. The summed E-state index contributed by atoms with van der Waals surface area (Å²) in [6.45, 7) is 2.05. The van der Waals surface area contributed by atoms with E-state index in [1.165, 1.54) is 0 Å². The molecule has 3 aliphatic rings. The lowest BCUT2D eigenvalue weighted by molar-refractivity contribution is -0.136. The number of fused-ring (bicyclic) bond motifs is 1. The highest BCUT2D eigenvalue weighted by Gasteiger charge is 2.45. The Morgan fingerprint density at radius 2 is 1.78 bits per heavy atom. The maximum Gasteiger partial charge on any atom is 0.262 e. The third-order valence-electron chi connectivity index (χ3n) is 5.84. The molecule has 7 heteroatoms. The summed E-state index contributed by atoms with van der Waals surface area (Å²) in [5.74, 6) is -1.16. The first-order valence-corrected chi connectivity index (χ1v) is 9.60. The van der Waals surface area contributed by atoms with Crippen LogP contribution in [0.3, 0.4) is 0 Å². The van der Waals surface area contributed by atoms with Gasteiger partial charge in [-0.2, -0.15) is 0 Å². The van der Waals surface area contributed by atoms with Gasteiger partial charge in [0.25, 0.3) is 11.8 Å². The summed E-state index contributed by atoms with van der Waals surface area (Å²) in [6.07, 6.45) is 4.30. The Hall–Kier alpha value is -2.54. The first-order chi connectivity index (χ1) is 13.1. The molecule has 2 fully saturated rings. The lowest BCUT2D eigenvalue weighted by Crippen LogP contribution is -2.54. The van der Waals surface area contributed by atoms with Gasteiger partial charge >= 0.3 is 0 Å². The molecule has 0 aromatic heterocycles. The van der Waals surface area contributed by atoms with Gasteiger partial charge in [0.05, 0.1) is 11.1 Å². The van der Waals surface area contributed by atoms with Crippen molar-refractivity contribution < 1.29 is 19.2 Å². The van der Waals surface area contributed by atoms with Crippen molar-refractivity contribution in [3.05, 3.63) is 34.9 Å². The molecule has 4 rings (SSSR count). The zero-order valence-electron chi connectivity index (χ0n) is 15.1. The number of hydrogen-bond acceptors (Lipinski definition) is 5. The number of carbonyl (C=O) groups is 4. The van der Waals surface area contributed by atoms with Crippen molar-refractivity contribution in [2.45, 2.75) is 44.6 Å². The van der Waals surface area contributed by atoms with E-state index in [2.05, 4.69) is 10.6 Å². The predicted molar refractivity (Wildman–Crippen MR) is 97.0 cm³/mol. The summed E-state index contributed by atoms with van der Waals surface area (Å²) in [7, 11) is 0. The van der Waals surface area contributed by atoms with E-state index in [1.54, 1.807) is 12.1 Å². The van der Waals surface area contributed by atoms with Gasteiger partial charge in [-0.1, -0.05) is 12.1 Å². The van der Waals surface area contributed by atoms with Crippen molar-refractivity contribution in [3.8, 4) is 0 Å². The molecule has 1 atom stereocenters. The number of piperidine rings is 2. The van der Waals surface area contributed by atoms with Crippen LogP contribution in [0.2, 0.25) is 0 Å². The Morgan fingerprint density at radius 3 is 2.52 bits per heavy atom. The van der Waals surface area contributed by atoms with E-state index < -0.39 is 23.8 Å². The fourth-order valence-electron chi connectivity index (χ4n) is 4.32. The van der Waals surface area contributed by atoms with E-state index in [0.717, 1.165) is 49.2 Å². The van der Waals surface area contributed by atoms with Crippen LogP contribution in [0.25, 0.3) is 0 Å². The molecular formula is C20H23N3O4. The van der Waals surface area contributed by atoms with Gasteiger partial charge in [-0.05, 0) is 62.7 Å². The smallest absolute Gasteiger partial charge is 0.262 e. The molecule has 0 saturated carbocycles. The molecule has 142 valence electrons. The number of imide groups is 2. The Kier molecular flexibility index (Phi) is 4.78. The van der Waals surface area contributed by atoms with E-state index in [1.807, 2.05) is 6.07 Å². The second kappa shape index (κ2) is 7.23. The van der Waals surface area contributed by atoms with Crippen molar-refractivity contribution in [2.75, 3.05) is 13.1 Å². The van der Waals surface area contributed by atoms with Gasteiger partial charge in [0.1, 0.15) is 6.04 Å². The van der Waals surface area contributed by atoms with Crippen molar-refractivity contribution in [1.82, 2.24) is 15.5 Å². The SMILES string of the molecule is O=C1CCC(N2C(=O)c3cccc(CCC4CCNCC4)c3C2=O)C(=O)N1. The van der Waals surface area contributed by atoms with Crippen LogP contribution in [0.5, 0.6) is 0 Å². The lowest BCUT2D eigenvalue weighted by Gasteiger charge is -2.27. The minimum absolute atomic E-state index is 0.131. The highest BCUT2D eigenvalue weighted by Crippen LogP contribution is 2.31. The zero-order chi connectivity index (χ0) is 19.0. The Morgan fingerprint density at radius 1 is 1.00 bits per heavy atom. The van der Waals surface area contributed by atoms with Crippen LogP contribution in [-0.2, 0) is 16.0 Å². The minimum Gasteiger partial charge on any atom is -0.317 e. The van der Waals surface area contributed by atoms with Crippen LogP contribution in [0.1, 0.15) is 58.4 Å². The van der Waals surface area contributed by atoms with Crippen LogP contribution in [0, 0.1) is 5.92 Å². The quantitative estimate of drug-likeness (QED) is 0.773. The minimum atomic E-state index is -0.910. The second-order valence-electron chi connectivity index (χ2n) is 7.52. The molecule has 0 bridgehead atoms. The molecule has 1 unspecified atom stereocenters. The average Bonchev–Trinajstić information content (AvgIpc) is 2.93. The fourth-order valence-corrected chi connectivity index (χ4v) is 4.32. The summed E-state index contributed by atoms with van der Waals surface area (Å²) in [5, 5.41) is 5.58. The summed E-state index contributed by atoms with van der Waals surface area (Å²) >= 11 is 0. The van der Waals surface area contributed by atoms with Gasteiger partial charge in [0, 0.05) is 6.42 Å². The van der Waals surface area contributed by atoms with Gasteiger partial charge in [0.15, 0.2) is 0 Å². The molecule has 4 amide bonds. The predicted octanol–water partition coefficient (Wildman–Crippen LogP) is 1.02. The topological polar surface area (TPSA) is 95.6 Å². The largest absolute Gasteiger partial charge is 0.317 e. The number of aryl methyl sites for hydroxylation is 1. The van der Waals surface area contributed by atoms with E-state index in [0.29, 0.717) is 17.0 Å². The Labute approximate surface area is 157 Å². The molecule has 1 aromatic carbocycles. The third-order valence-corrected chi connectivity index (χ3v) is 5.84. The van der Waals surface area contributed by atoms with Crippen LogP contribution in [0.15, 0.2) is 18.2 Å². The molecule has 7 nitrogen and oxygen atoms in total. The molecular weight excluding hydrogens is 346 g/mol. The van der Waals surface area contributed by atoms with Gasteiger partial charge in [-0.25, -0.2) is 0 Å². The number of carbonyl (C=O) groups excluding carboxylic acids is 4. The number of hydrogen-bond donors (Lipinski definition) is 2. The van der Waals surface area contributed by atoms with E-state index >= 15 is 0 Å². The van der Waals surface area contributed by atoms with Crippen LogP contribution >= 0.6 is 0 Å². The Bertz CT molecular complexity index is 813. The standard InChI is InChI=1S/C20H23N3O4/c24-16-7-6-15(18(25)22-16)23-19(26)14-3-1-2-13(17(14)20(23)27)5-4-12-8-10-21-11-9-12/h1-3,12,15,21H,4-11H2,(H,22,24,25). The summed E-state index contributed by atoms with van der Waals surface area (Å²) < 4.78 is 0. The molecule has 2 saturated heterocycles. The molecule has 3 aliphatic heterocycles. The zero-order valence-corrected chi connectivity index (χ0v) is 15.1. The Balaban J connectivity index is 1.55. The summed E-state index contributed by atoms with van der Waals surface area (Å²) in [5.41, 5.74) is 1.67. The highest BCUT2D eigenvalue weighted by molar-refractivity contribution is 6.24. The molecule has 0 aliphatic carbocycles. The lowest BCUT2D eigenvalue weighted by atomic mass is 9.89. The number of nitrogens with zero attached hydrogens (tertiary/aromatic N) is 1. The number of amides is 4. The van der Waals surface area contributed by atoms with E-state index in [9.17, 15) is 19.2 Å². The second-order valence-corrected chi connectivity index (χ2v) is 7.52. The van der Waals surface area contributed by atoms with E-state index in [4.69, 9.17) is 0 Å². The average molecular weight is 369 g/mol. The molecule has 27 heavy (non-hydrogen) atoms. The molecule has 1 aromatic rings. The molecule has 0 spiro atoms. The normalized spacial score (nSPS) is 23.6. The van der Waals surface area contributed by atoms with E-state index in [-0.39, 0.29) is 18.7 Å². The first kappa shape index (κ1) is 17.9. The number of nitrogens with one attached hydrogen (secondary N) is 2. The van der Waals surface area contributed by atoms with Gasteiger partial charge in [0.2, 0.25) is 11.8 Å². The first-order valence-electron chi connectivity index (χ1n) is 9.60. The van der Waals surface area contributed by atoms with Crippen molar-refractivity contribution in [1.29, 1.82) is 0 Å². The van der Waals surface area contributed by atoms with Crippen molar-refractivity contribution in [2.24, 2.45) is 5.92 Å².